The minimum Gasteiger partial charge on any atom is -0.481 e. The molecule has 0 radical (unpaired) electrons. The summed E-state index contributed by atoms with van der Waals surface area (Å²) in [7, 11) is 0. The summed E-state index contributed by atoms with van der Waals surface area (Å²) in [5.74, 6) is -2.42. The summed E-state index contributed by atoms with van der Waals surface area (Å²) in [5, 5.41) is 9.70. The van der Waals surface area contributed by atoms with Crippen LogP contribution in [0.2, 0.25) is 0 Å². The maximum Gasteiger partial charge on any atom is 0.310 e. The molecule has 1 spiro atoms. The van der Waals surface area contributed by atoms with E-state index in [2.05, 4.69) is 0 Å². The summed E-state index contributed by atoms with van der Waals surface area (Å²) in [5.41, 5.74) is 1.03. The lowest BCUT2D eigenvalue weighted by Gasteiger charge is -2.43. The molecule has 1 amide bonds. The molecule has 5 heterocycles. The number of ether oxygens (including phenoxy) is 2. The van der Waals surface area contributed by atoms with Crippen LogP contribution in [0.25, 0.3) is 0 Å². The van der Waals surface area contributed by atoms with Crippen molar-refractivity contribution in [3.63, 3.8) is 0 Å². The van der Waals surface area contributed by atoms with E-state index in [1.54, 1.807) is 0 Å². The number of carboxylic acids is 1. The fraction of sp³-hybridized carbons (Fsp3) is 0.474. The van der Waals surface area contributed by atoms with Crippen LogP contribution in [-0.4, -0.2) is 41.3 Å². The van der Waals surface area contributed by atoms with Crippen molar-refractivity contribution in [2.75, 3.05) is 11.5 Å². The quantitative estimate of drug-likeness (QED) is 0.785. The minimum absolute atomic E-state index is 0.0571. The summed E-state index contributed by atoms with van der Waals surface area (Å²) in [6.07, 6.45) is 4.07. The highest BCUT2D eigenvalue weighted by Gasteiger charge is 2.74. The summed E-state index contributed by atoms with van der Waals surface area (Å²) in [6, 6.07) is 7.61. The smallest absolute Gasteiger partial charge is 0.310 e. The van der Waals surface area contributed by atoms with E-state index in [1.807, 2.05) is 41.3 Å². The third-order valence-corrected chi connectivity index (χ3v) is 6.66. The molecule has 6 nitrogen and oxygen atoms in total. The zero-order chi connectivity index (χ0) is 16.9. The molecule has 3 saturated heterocycles. The Morgan fingerprint density at radius 1 is 1.32 bits per heavy atom. The van der Waals surface area contributed by atoms with Crippen LogP contribution >= 0.6 is 0 Å². The Balaban J connectivity index is 1.59. The molecular formula is C19H17NO5. The number of carbonyl (C=O) groups excluding carboxylic acids is 1. The second-order valence-corrected chi connectivity index (χ2v) is 7.59. The minimum atomic E-state index is -0.957. The number of benzene rings is 1. The third kappa shape index (κ3) is 1.42. The number of anilines is 1. The SMILES string of the molecule is O=C(O)[C@H]1[C@H]2C=C[C@@]3(O2)[C@@H]2[C@H]4CCO[C@H]4c4ccccc4N2C(=O)[C@@H]13. The molecule has 7 atom stereocenters. The van der Waals surface area contributed by atoms with E-state index in [9.17, 15) is 14.7 Å². The number of amides is 1. The Kier molecular flexibility index (Phi) is 2.42. The van der Waals surface area contributed by atoms with Crippen molar-refractivity contribution < 1.29 is 24.2 Å². The fourth-order valence-electron chi connectivity index (χ4n) is 5.86. The summed E-state index contributed by atoms with van der Waals surface area (Å²) >= 11 is 0. The van der Waals surface area contributed by atoms with Gasteiger partial charge in [0.15, 0.2) is 0 Å². The molecule has 25 heavy (non-hydrogen) atoms. The zero-order valence-corrected chi connectivity index (χ0v) is 13.4. The van der Waals surface area contributed by atoms with Crippen LogP contribution in [0.5, 0.6) is 0 Å². The van der Waals surface area contributed by atoms with Crippen LogP contribution < -0.4 is 4.90 Å². The van der Waals surface area contributed by atoms with Crippen molar-refractivity contribution in [1.29, 1.82) is 0 Å². The van der Waals surface area contributed by atoms with Crippen molar-refractivity contribution in [2.24, 2.45) is 17.8 Å². The first-order chi connectivity index (χ1) is 12.1. The van der Waals surface area contributed by atoms with Gasteiger partial charge in [-0.1, -0.05) is 30.4 Å². The van der Waals surface area contributed by atoms with Gasteiger partial charge in [-0.05, 0) is 12.5 Å². The van der Waals surface area contributed by atoms with E-state index >= 15 is 0 Å². The monoisotopic (exact) mass is 339 g/mol. The molecule has 0 aromatic heterocycles. The predicted molar refractivity (Wildman–Crippen MR) is 85.9 cm³/mol. The van der Waals surface area contributed by atoms with E-state index in [4.69, 9.17) is 9.47 Å². The van der Waals surface area contributed by atoms with Gasteiger partial charge in [0.05, 0.1) is 24.2 Å². The van der Waals surface area contributed by atoms with Crippen molar-refractivity contribution in [2.45, 2.75) is 30.3 Å². The van der Waals surface area contributed by atoms with Gasteiger partial charge in [0.2, 0.25) is 5.91 Å². The molecule has 3 fully saturated rings. The Morgan fingerprint density at radius 3 is 3.00 bits per heavy atom. The molecule has 1 aromatic carbocycles. The third-order valence-electron chi connectivity index (χ3n) is 6.66. The number of nitrogens with zero attached hydrogens (tertiary/aromatic N) is 1. The van der Waals surface area contributed by atoms with E-state index < -0.39 is 29.5 Å². The van der Waals surface area contributed by atoms with Crippen molar-refractivity contribution in [1.82, 2.24) is 0 Å². The average Bonchev–Trinajstić information content (AvgIpc) is 3.35. The maximum absolute atomic E-state index is 13.4. The molecule has 0 saturated carbocycles. The van der Waals surface area contributed by atoms with Gasteiger partial charge in [0, 0.05) is 23.8 Å². The number of hydrogen-bond donors (Lipinski definition) is 1. The van der Waals surface area contributed by atoms with Gasteiger partial charge in [-0.15, -0.1) is 0 Å². The highest BCUT2D eigenvalue weighted by atomic mass is 16.5. The van der Waals surface area contributed by atoms with E-state index in [0.29, 0.717) is 6.61 Å². The van der Waals surface area contributed by atoms with Gasteiger partial charge in [-0.25, -0.2) is 0 Å². The lowest BCUT2D eigenvalue weighted by atomic mass is 9.70. The van der Waals surface area contributed by atoms with Crippen LogP contribution in [0.1, 0.15) is 18.1 Å². The van der Waals surface area contributed by atoms with E-state index in [0.717, 1.165) is 17.7 Å². The molecule has 0 aliphatic carbocycles. The van der Waals surface area contributed by atoms with Crippen LogP contribution in [0.4, 0.5) is 5.69 Å². The molecule has 0 unspecified atom stereocenters. The lowest BCUT2D eigenvalue weighted by Crippen LogP contribution is -2.53. The molecule has 128 valence electrons. The number of carbonyl (C=O) groups is 2. The van der Waals surface area contributed by atoms with Gasteiger partial charge in [0.25, 0.3) is 0 Å². The number of para-hydroxylation sites is 1. The molecule has 2 bridgehead atoms. The summed E-state index contributed by atoms with van der Waals surface area (Å²) < 4.78 is 12.2. The Hall–Kier alpha value is -2.18. The predicted octanol–water partition coefficient (Wildman–Crippen LogP) is 1.52. The molecule has 1 aromatic rings. The van der Waals surface area contributed by atoms with Gasteiger partial charge < -0.3 is 19.5 Å². The molecule has 5 aliphatic rings. The molecule has 1 N–H and O–H groups in total. The normalized spacial score (nSPS) is 45.3. The topological polar surface area (TPSA) is 76.1 Å². The number of rotatable bonds is 1. The van der Waals surface area contributed by atoms with Gasteiger partial charge >= 0.3 is 5.97 Å². The molecule has 6 heteroatoms. The first-order valence-electron chi connectivity index (χ1n) is 8.77. The Bertz CT molecular complexity index is 850. The first-order valence-corrected chi connectivity index (χ1v) is 8.77. The maximum atomic E-state index is 13.4. The van der Waals surface area contributed by atoms with Crippen LogP contribution in [0, 0.1) is 17.8 Å². The van der Waals surface area contributed by atoms with Crippen molar-refractivity contribution >= 4 is 17.6 Å². The van der Waals surface area contributed by atoms with E-state index in [-0.39, 0.29) is 24.0 Å². The molecule has 6 rings (SSSR count). The van der Waals surface area contributed by atoms with Crippen molar-refractivity contribution in [3.05, 3.63) is 42.0 Å². The van der Waals surface area contributed by atoms with Gasteiger partial charge in [-0.3, -0.25) is 9.59 Å². The highest BCUT2D eigenvalue weighted by molar-refractivity contribution is 6.04. The van der Waals surface area contributed by atoms with Crippen LogP contribution in [0.3, 0.4) is 0 Å². The Labute approximate surface area is 144 Å². The van der Waals surface area contributed by atoms with Crippen molar-refractivity contribution in [3.8, 4) is 0 Å². The standard InChI is InChI=1S/C19H17NO5/c21-17-14-13(18(22)23)12-5-7-19(14,25-12)16-10-6-8-24-15(10)9-3-1-2-4-11(9)20(16)17/h1-5,7,10,12-16H,6,8H2,(H,22,23)/t10-,12+,13-,14+,15-,16-,19-/m0/s1. The number of carboxylic acid groups (broad SMARTS) is 1. The first kappa shape index (κ1) is 14.0. The number of aliphatic carboxylic acids is 1. The van der Waals surface area contributed by atoms with Crippen LogP contribution in [0.15, 0.2) is 36.4 Å². The zero-order valence-electron chi connectivity index (χ0n) is 13.4. The second kappa shape index (κ2) is 4.31. The Morgan fingerprint density at radius 2 is 2.16 bits per heavy atom. The second-order valence-electron chi connectivity index (χ2n) is 7.59. The lowest BCUT2D eigenvalue weighted by molar-refractivity contribution is -0.146. The highest BCUT2D eigenvalue weighted by Crippen LogP contribution is 2.62. The number of hydrogen-bond acceptors (Lipinski definition) is 4. The van der Waals surface area contributed by atoms with E-state index in [1.165, 1.54) is 0 Å². The average molecular weight is 339 g/mol. The fourth-order valence-corrected chi connectivity index (χ4v) is 5.86. The van der Waals surface area contributed by atoms with Gasteiger partial charge in [0.1, 0.15) is 11.5 Å². The van der Waals surface area contributed by atoms with Crippen LogP contribution in [-0.2, 0) is 19.1 Å². The molecule has 5 aliphatic heterocycles. The molecular weight excluding hydrogens is 322 g/mol. The van der Waals surface area contributed by atoms with Gasteiger partial charge in [-0.2, -0.15) is 0 Å². The summed E-state index contributed by atoms with van der Waals surface area (Å²) in [4.78, 5) is 27.0. The largest absolute Gasteiger partial charge is 0.481 e. The number of fused-ring (bicyclic) bond motifs is 7. The summed E-state index contributed by atoms with van der Waals surface area (Å²) in [6.45, 7) is 0.651.